The van der Waals surface area contributed by atoms with Crippen LogP contribution in [0.3, 0.4) is 0 Å². The number of unbranched alkanes of at least 4 members (excludes halogenated alkanes) is 1. The van der Waals surface area contributed by atoms with Gasteiger partial charge in [0.05, 0.1) is 0 Å². The summed E-state index contributed by atoms with van der Waals surface area (Å²) in [4.78, 5) is 9.55. The van der Waals surface area contributed by atoms with Crippen LogP contribution in [0.5, 0.6) is 0 Å². The third kappa shape index (κ3) is 5.30. The van der Waals surface area contributed by atoms with Gasteiger partial charge in [-0.1, -0.05) is 13.3 Å². The third-order valence-corrected chi connectivity index (χ3v) is 1.04. The fourth-order valence-electron chi connectivity index (χ4n) is 0.526. The normalized spacial score (nSPS) is 12.7. The minimum atomic E-state index is -0.456. The molecule has 0 fully saturated rings. The molecule has 0 aromatic heterocycles. The molecule has 0 aliphatic carbocycles. The summed E-state index contributed by atoms with van der Waals surface area (Å²) in [5.41, 5.74) is 5.29. The first-order chi connectivity index (χ1) is 4.31. The summed E-state index contributed by atoms with van der Waals surface area (Å²) in [6.07, 6.45) is 2.33. The second-order valence-electron chi connectivity index (χ2n) is 1.88. The van der Waals surface area contributed by atoms with Crippen molar-refractivity contribution in [3.63, 3.8) is 0 Å². The second-order valence-corrected chi connectivity index (χ2v) is 1.88. The van der Waals surface area contributed by atoms with Gasteiger partial charge in [-0.05, 0) is 12.8 Å². The summed E-state index contributed by atoms with van der Waals surface area (Å²) in [5.74, 6) is 0. The average Bonchev–Trinajstić information content (AvgIpc) is 1.85. The molecule has 1 unspecified atom stereocenters. The molecule has 53 valence electrons. The Kier molecular flexibility index (Phi) is 5.21. The van der Waals surface area contributed by atoms with Crippen LogP contribution in [0, 0.1) is 0 Å². The fourth-order valence-corrected chi connectivity index (χ4v) is 0.526. The molecule has 0 aliphatic rings. The maximum absolute atomic E-state index is 9.55. The van der Waals surface area contributed by atoms with Gasteiger partial charge in [-0.25, -0.2) is 4.79 Å². The number of carbonyl (C=O) groups excluding carboxylic acids is 1. The summed E-state index contributed by atoms with van der Waals surface area (Å²) in [6.45, 7) is 3.35. The van der Waals surface area contributed by atoms with E-state index in [1.165, 1.54) is 6.47 Å². The predicted molar refractivity (Wildman–Crippen MR) is 34.3 cm³/mol. The molecule has 1 radical (unpaired) electrons. The van der Waals surface area contributed by atoms with E-state index in [1.54, 1.807) is 0 Å². The Morgan fingerprint density at radius 3 is 2.89 bits per heavy atom. The smallest absolute Gasteiger partial charge is 0.419 e. The van der Waals surface area contributed by atoms with Crippen molar-refractivity contribution in [2.75, 3.05) is 0 Å². The third-order valence-electron chi connectivity index (χ3n) is 1.04. The molecule has 0 saturated heterocycles. The largest absolute Gasteiger partial charge is 0.438 e. The summed E-state index contributed by atoms with van der Waals surface area (Å²) in [6, 6.07) is 0. The van der Waals surface area contributed by atoms with E-state index in [0.717, 1.165) is 19.3 Å². The van der Waals surface area contributed by atoms with Crippen LogP contribution < -0.4 is 5.73 Å². The van der Waals surface area contributed by atoms with Gasteiger partial charge in [0.25, 0.3) is 0 Å². The van der Waals surface area contributed by atoms with Gasteiger partial charge >= 0.3 is 6.47 Å². The molecule has 3 nitrogen and oxygen atoms in total. The molecule has 3 heteroatoms. The Morgan fingerprint density at radius 2 is 2.44 bits per heavy atom. The molecule has 0 saturated carbocycles. The van der Waals surface area contributed by atoms with Crippen molar-refractivity contribution < 1.29 is 9.53 Å². The highest BCUT2D eigenvalue weighted by molar-refractivity contribution is 5.38. The standard InChI is InChI=1S/C6H12NO2/c1-2-3-4-6(7)9-5-8/h6H,2-4,7H2,1H3. The molecule has 0 rings (SSSR count). The molecule has 0 spiro atoms. The Hall–Kier alpha value is -0.570. The van der Waals surface area contributed by atoms with E-state index in [1.807, 2.05) is 0 Å². The van der Waals surface area contributed by atoms with Gasteiger partial charge < -0.3 is 4.74 Å². The van der Waals surface area contributed by atoms with Gasteiger partial charge in [-0.15, -0.1) is 0 Å². The van der Waals surface area contributed by atoms with Crippen LogP contribution in [0.25, 0.3) is 0 Å². The van der Waals surface area contributed by atoms with Crippen LogP contribution >= 0.6 is 0 Å². The van der Waals surface area contributed by atoms with Crippen molar-refractivity contribution in [2.24, 2.45) is 5.73 Å². The summed E-state index contributed by atoms with van der Waals surface area (Å²) in [5, 5.41) is 0. The highest BCUT2D eigenvalue weighted by Crippen LogP contribution is 1.97. The quantitative estimate of drug-likeness (QED) is 0.553. The first-order valence-electron chi connectivity index (χ1n) is 3.09. The van der Waals surface area contributed by atoms with Gasteiger partial charge in [0.1, 0.15) is 0 Å². The SMILES string of the molecule is CCCCC(N)O[C]=O. The Morgan fingerprint density at radius 1 is 1.78 bits per heavy atom. The highest BCUT2D eigenvalue weighted by atomic mass is 16.5. The molecule has 0 amide bonds. The van der Waals surface area contributed by atoms with E-state index in [0.29, 0.717) is 0 Å². The van der Waals surface area contributed by atoms with Crippen molar-refractivity contribution in [1.29, 1.82) is 0 Å². The Labute approximate surface area is 55.2 Å². The van der Waals surface area contributed by atoms with Gasteiger partial charge in [0.15, 0.2) is 6.23 Å². The van der Waals surface area contributed by atoms with Crippen LogP contribution in [0.2, 0.25) is 0 Å². The predicted octanol–water partition coefficient (Wildman–Crippen LogP) is 0.545. The lowest BCUT2D eigenvalue weighted by Gasteiger charge is -2.05. The minimum Gasteiger partial charge on any atom is -0.438 e. The van der Waals surface area contributed by atoms with Gasteiger partial charge in [0, 0.05) is 0 Å². The summed E-state index contributed by atoms with van der Waals surface area (Å²) in [7, 11) is 0. The molecule has 0 aromatic carbocycles. The molecule has 0 bridgehead atoms. The number of nitrogens with two attached hydrogens (primary N) is 1. The van der Waals surface area contributed by atoms with Crippen molar-refractivity contribution in [3.05, 3.63) is 0 Å². The average molecular weight is 130 g/mol. The summed E-state index contributed by atoms with van der Waals surface area (Å²) < 4.78 is 4.32. The maximum Gasteiger partial charge on any atom is 0.419 e. The van der Waals surface area contributed by atoms with Gasteiger partial charge in [-0.2, -0.15) is 0 Å². The Bertz CT molecular complexity index is 75.5. The van der Waals surface area contributed by atoms with Crippen molar-refractivity contribution in [2.45, 2.75) is 32.4 Å². The molecular formula is C6H12NO2. The first kappa shape index (κ1) is 8.43. The van der Waals surface area contributed by atoms with Crippen LogP contribution in [0.1, 0.15) is 26.2 Å². The van der Waals surface area contributed by atoms with Crippen molar-refractivity contribution in [1.82, 2.24) is 0 Å². The first-order valence-corrected chi connectivity index (χ1v) is 3.09. The van der Waals surface area contributed by atoms with E-state index in [2.05, 4.69) is 11.7 Å². The summed E-state index contributed by atoms with van der Waals surface area (Å²) >= 11 is 0. The van der Waals surface area contributed by atoms with Crippen molar-refractivity contribution >= 4 is 6.47 Å². The highest BCUT2D eigenvalue weighted by Gasteiger charge is 1.99. The van der Waals surface area contributed by atoms with E-state index >= 15 is 0 Å². The lowest BCUT2D eigenvalue weighted by Crippen LogP contribution is -2.22. The second kappa shape index (κ2) is 5.56. The number of ether oxygens (including phenoxy) is 1. The molecule has 0 aliphatic heterocycles. The number of hydrogen-bond acceptors (Lipinski definition) is 3. The monoisotopic (exact) mass is 130 g/mol. The van der Waals surface area contributed by atoms with E-state index in [9.17, 15) is 4.79 Å². The lowest BCUT2D eigenvalue weighted by atomic mass is 10.2. The topological polar surface area (TPSA) is 52.3 Å². The van der Waals surface area contributed by atoms with Crippen LogP contribution in [0.4, 0.5) is 0 Å². The number of hydrogen-bond donors (Lipinski definition) is 1. The van der Waals surface area contributed by atoms with Crippen LogP contribution in [-0.2, 0) is 9.53 Å². The molecule has 0 aromatic rings. The van der Waals surface area contributed by atoms with E-state index in [-0.39, 0.29) is 0 Å². The zero-order valence-corrected chi connectivity index (χ0v) is 5.59. The molecule has 2 N–H and O–H groups in total. The van der Waals surface area contributed by atoms with Gasteiger partial charge in [-0.3, -0.25) is 5.73 Å². The molecule has 9 heavy (non-hydrogen) atoms. The lowest BCUT2D eigenvalue weighted by molar-refractivity contribution is 0.171. The fraction of sp³-hybridized carbons (Fsp3) is 0.833. The molecular weight excluding hydrogens is 118 g/mol. The zero-order valence-electron chi connectivity index (χ0n) is 5.59. The molecule has 0 heterocycles. The zero-order chi connectivity index (χ0) is 7.11. The van der Waals surface area contributed by atoms with Crippen molar-refractivity contribution in [3.8, 4) is 0 Å². The van der Waals surface area contributed by atoms with E-state index < -0.39 is 6.23 Å². The minimum absolute atomic E-state index is 0.456. The Balaban J connectivity index is 3.04. The molecule has 1 atom stereocenters. The van der Waals surface area contributed by atoms with Gasteiger partial charge in [0.2, 0.25) is 0 Å². The van der Waals surface area contributed by atoms with E-state index in [4.69, 9.17) is 5.73 Å². The number of rotatable bonds is 5. The van der Waals surface area contributed by atoms with Crippen LogP contribution in [-0.4, -0.2) is 12.7 Å². The van der Waals surface area contributed by atoms with Crippen LogP contribution in [0.15, 0.2) is 0 Å². The maximum atomic E-state index is 9.55.